The molecular formula is C20H30ClFN2O4. The van der Waals surface area contributed by atoms with Gasteiger partial charge in [-0.3, -0.25) is 14.5 Å². The van der Waals surface area contributed by atoms with Crippen LogP contribution < -0.4 is 0 Å². The van der Waals surface area contributed by atoms with E-state index in [2.05, 4.69) is 30.9 Å². The molecular weight excluding hydrogens is 387 g/mol. The van der Waals surface area contributed by atoms with E-state index in [0.29, 0.717) is 11.1 Å². The molecule has 6 nitrogen and oxygen atoms in total. The summed E-state index contributed by atoms with van der Waals surface area (Å²) in [5.74, 6) is 1.52. The van der Waals surface area contributed by atoms with Crippen LogP contribution in [0.1, 0.15) is 31.2 Å². The van der Waals surface area contributed by atoms with Crippen LogP contribution in [0.15, 0.2) is 18.2 Å². The maximum Gasteiger partial charge on any atom is 0.290 e. The van der Waals surface area contributed by atoms with Gasteiger partial charge in [0, 0.05) is 23.7 Å². The van der Waals surface area contributed by atoms with Crippen LogP contribution >= 0.6 is 11.6 Å². The van der Waals surface area contributed by atoms with Crippen molar-refractivity contribution in [3.8, 4) is 0 Å². The van der Waals surface area contributed by atoms with E-state index in [9.17, 15) is 4.39 Å². The highest BCUT2D eigenvalue weighted by atomic mass is 35.5. The lowest BCUT2D eigenvalue weighted by molar-refractivity contribution is -0.123. The average molecular weight is 417 g/mol. The molecule has 2 aliphatic carbocycles. The predicted molar refractivity (Wildman–Crippen MR) is 107 cm³/mol. The Bertz CT molecular complexity index is 612. The molecule has 0 heterocycles. The van der Waals surface area contributed by atoms with Crippen molar-refractivity contribution in [2.45, 2.75) is 44.3 Å². The summed E-state index contributed by atoms with van der Waals surface area (Å²) in [6, 6.07) is 6.02. The Morgan fingerprint density at radius 2 is 1.50 bits per heavy atom. The lowest BCUT2D eigenvalue weighted by atomic mass is 10.0. The van der Waals surface area contributed by atoms with Gasteiger partial charge in [0.25, 0.3) is 12.9 Å². The lowest BCUT2D eigenvalue weighted by Gasteiger charge is -2.27. The van der Waals surface area contributed by atoms with Crippen LogP contribution in [0, 0.1) is 17.7 Å². The van der Waals surface area contributed by atoms with E-state index in [0.717, 1.165) is 30.0 Å². The molecule has 0 bridgehead atoms. The van der Waals surface area contributed by atoms with Gasteiger partial charge in [-0.2, -0.15) is 0 Å². The first-order valence-electron chi connectivity index (χ1n) is 9.23. The minimum Gasteiger partial charge on any atom is -0.483 e. The van der Waals surface area contributed by atoms with E-state index in [1.807, 2.05) is 0 Å². The Kier molecular flexibility index (Phi) is 10.4. The van der Waals surface area contributed by atoms with Gasteiger partial charge in [-0.25, -0.2) is 4.39 Å². The standard InChI is InChI=1S/C18H26ClFN2.2CH2O2/c1-21(2)16-7-12-9-17(10-13(12)8-16)22(3)11-14-6-15(20)4-5-18(14)19;2*2-1-3/h4-6,12-13,16-17H,7-11H2,1-3H3;2*1H,(H,2,3)/t12-,13+,16?,17?;;. The van der Waals surface area contributed by atoms with Gasteiger partial charge in [-0.05, 0) is 82.4 Å². The lowest BCUT2D eigenvalue weighted by Crippen LogP contribution is -2.31. The molecule has 1 aromatic carbocycles. The first-order chi connectivity index (χ1) is 13.3. The highest BCUT2D eigenvalue weighted by molar-refractivity contribution is 6.31. The van der Waals surface area contributed by atoms with Gasteiger partial charge in [0.1, 0.15) is 5.82 Å². The Morgan fingerprint density at radius 1 is 1.04 bits per heavy atom. The summed E-state index contributed by atoms with van der Waals surface area (Å²) in [6.07, 6.45) is 5.22. The number of nitrogens with zero attached hydrogens (tertiary/aromatic N) is 2. The van der Waals surface area contributed by atoms with Gasteiger partial charge in [0.2, 0.25) is 0 Å². The van der Waals surface area contributed by atoms with Crippen molar-refractivity contribution in [2.75, 3.05) is 21.1 Å². The fourth-order valence-electron chi connectivity index (χ4n) is 4.40. The van der Waals surface area contributed by atoms with E-state index in [4.69, 9.17) is 31.4 Å². The number of carbonyl (C=O) groups is 2. The molecule has 158 valence electrons. The Hall–Kier alpha value is -1.70. The first kappa shape index (κ1) is 24.3. The predicted octanol–water partition coefficient (Wildman–Crippen LogP) is 3.43. The zero-order valence-electron chi connectivity index (χ0n) is 16.6. The molecule has 0 saturated heterocycles. The van der Waals surface area contributed by atoms with E-state index in [1.165, 1.54) is 31.7 Å². The summed E-state index contributed by atoms with van der Waals surface area (Å²) in [6.45, 7) is 0.234. The van der Waals surface area contributed by atoms with E-state index in [1.54, 1.807) is 12.1 Å². The fourth-order valence-corrected chi connectivity index (χ4v) is 4.57. The largest absolute Gasteiger partial charge is 0.483 e. The monoisotopic (exact) mass is 416 g/mol. The minimum atomic E-state index is -0.250. The molecule has 2 aliphatic rings. The van der Waals surface area contributed by atoms with Gasteiger partial charge in [0.05, 0.1) is 0 Å². The van der Waals surface area contributed by atoms with E-state index >= 15 is 0 Å². The Balaban J connectivity index is 0.000000582. The summed E-state index contributed by atoms with van der Waals surface area (Å²) in [5.41, 5.74) is 0.896. The zero-order chi connectivity index (χ0) is 21.3. The van der Waals surface area contributed by atoms with Crippen LogP contribution in [0.3, 0.4) is 0 Å². The highest BCUT2D eigenvalue weighted by Crippen LogP contribution is 2.46. The van der Waals surface area contributed by atoms with Crippen molar-refractivity contribution in [2.24, 2.45) is 11.8 Å². The van der Waals surface area contributed by atoms with Gasteiger partial charge in [0.15, 0.2) is 0 Å². The number of fused-ring (bicyclic) bond motifs is 1. The van der Waals surface area contributed by atoms with Crippen LogP contribution in [0.5, 0.6) is 0 Å². The van der Waals surface area contributed by atoms with Crippen LogP contribution in [0.25, 0.3) is 0 Å². The first-order valence-corrected chi connectivity index (χ1v) is 9.61. The van der Waals surface area contributed by atoms with Crippen molar-refractivity contribution in [1.29, 1.82) is 0 Å². The molecule has 3 rings (SSSR count). The van der Waals surface area contributed by atoms with E-state index in [-0.39, 0.29) is 18.8 Å². The summed E-state index contributed by atoms with van der Waals surface area (Å²) in [7, 11) is 6.54. The molecule has 8 heteroatoms. The molecule has 0 spiro atoms. The van der Waals surface area contributed by atoms with Gasteiger partial charge >= 0.3 is 0 Å². The average Bonchev–Trinajstić information content (AvgIpc) is 3.19. The summed E-state index contributed by atoms with van der Waals surface area (Å²) < 4.78 is 13.4. The molecule has 0 radical (unpaired) electrons. The highest BCUT2D eigenvalue weighted by Gasteiger charge is 2.43. The van der Waals surface area contributed by atoms with Crippen LogP contribution in [-0.4, -0.2) is 66.2 Å². The van der Waals surface area contributed by atoms with Crippen LogP contribution in [0.4, 0.5) is 4.39 Å². The maximum atomic E-state index is 13.4. The van der Waals surface area contributed by atoms with Crippen molar-refractivity contribution in [1.82, 2.24) is 9.80 Å². The minimum absolute atomic E-state index is 0.204. The molecule has 2 unspecified atom stereocenters. The van der Waals surface area contributed by atoms with Crippen molar-refractivity contribution in [3.63, 3.8) is 0 Å². The molecule has 2 fully saturated rings. The van der Waals surface area contributed by atoms with Gasteiger partial charge in [-0.1, -0.05) is 11.6 Å². The Morgan fingerprint density at radius 3 is 1.96 bits per heavy atom. The van der Waals surface area contributed by atoms with Gasteiger partial charge in [-0.15, -0.1) is 0 Å². The SMILES string of the molecule is CN(C)C1C[C@@H]2CC(N(C)Cc3cc(F)ccc3Cl)C[C@@H]2C1.O=CO.O=CO. The van der Waals surface area contributed by atoms with Crippen molar-refractivity contribution >= 4 is 24.5 Å². The number of hydrogen-bond donors (Lipinski definition) is 2. The Labute approximate surface area is 170 Å². The number of carboxylic acid groups (broad SMARTS) is 2. The molecule has 1 aromatic rings. The van der Waals surface area contributed by atoms with Crippen LogP contribution in [-0.2, 0) is 16.1 Å². The normalized spacial score (nSPS) is 25.4. The fraction of sp³-hybridized carbons (Fsp3) is 0.600. The molecule has 4 atom stereocenters. The summed E-state index contributed by atoms with van der Waals surface area (Å²) in [5, 5.41) is 14.4. The molecule has 0 aliphatic heterocycles. The zero-order valence-corrected chi connectivity index (χ0v) is 17.3. The summed E-state index contributed by atoms with van der Waals surface area (Å²) in [4.78, 5) is 21.5. The molecule has 0 aromatic heterocycles. The topological polar surface area (TPSA) is 81.1 Å². The van der Waals surface area contributed by atoms with Crippen molar-refractivity contribution in [3.05, 3.63) is 34.6 Å². The number of halogens is 2. The second kappa shape index (κ2) is 12.0. The molecule has 0 amide bonds. The summed E-state index contributed by atoms with van der Waals surface area (Å²) >= 11 is 6.20. The molecule has 2 saturated carbocycles. The third-order valence-electron chi connectivity index (χ3n) is 5.75. The number of hydrogen-bond acceptors (Lipinski definition) is 4. The molecule has 28 heavy (non-hydrogen) atoms. The molecule has 2 N–H and O–H groups in total. The third-order valence-corrected chi connectivity index (χ3v) is 6.12. The third kappa shape index (κ3) is 7.04. The smallest absolute Gasteiger partial charge is 0.290 e. The second-order valence-electron chi connectivity index (χ2n) is 7.60. The van der Waals surface area contributed by atoms with Crippen molar-refractivity contribution < 1.29 is 24.2 Å². The number of rotatable bonds is 4. The quantitative estimate of drug-likeness (QED) is 0.732. The number of benzene rings is 1. The van der Waals surface area contributed by atoms with E-state index < -0.39 is 0 Å². The second-order valence-corrected chi connectivity index (χ2v) is 8.00. The maximum absolute atomic E-state index is 13.4. The van der Waals surface area contributed by atoms with Gasteiger partial charge < -0.3 is 15.1 Å². The van der Waals surface area contributed by atoms with Crippen LogP contribution in [0.2, 0.25) is 5.02 Å².